The first kappa shape index (κ1) is 17.2. The zero-order valence-electron chi connectivity index (χ0n) is 10.7. The van der Waals surface area contributed by atoms with Gasteiger partial charge in [-0.05, 0) is 12.0 Å². The van der Waals surface area contributed by atoms with Gasteiger partial charge < -0.3 is 10.1 Å². The number of carbonyl (C=O) groups is 1. The van der Waals surface area contributed by atoms with Crippen molar-refractivity contribution in [2.75, 3.05) is 13.7 Å². The molecule has 6 nitrogen and oxygen atoms in total. The van der Waals surface area contributed by atoms with Gasteiger partial charge in [-0.15, -0.1) is 0 Å². The third-order valence-electron chi connectivity index (χ3n) is 2.48. The first-order valence-electron chi connectivity index (χ1n) is 5.52. The van der Waals surface area contributed by atoms with Crippen LogP contribution < -0.4 is 10.1 Å². The lowest BCUT2D eigenvalue weighted by atomic mass is 10.1. The van der Waals surface area contributed by atoms with Crippen molar-refractivity contribution in [2.24, 2.45) is 0 Å². The molecule has 0 heterocycles. The Hall–Kier alpha value is -1.84. The molecule has 116 valence electrons. The molecule has 1 N–H and O–H groups in total. The van der Waals surface area contributed by atoms with Crippen molar-refractivity contribution in [3.63, 3.8) is 0 Å². The Labute approximate surface area is 125 Å². The predicted molar refractivity (Wildman–Crippen MR) is 70.1 cm³/mol. The maximum atomic E-state index is 12.0. The van der Waals surface area contributed by atoms with Crippen molar-refractivity contribution in [1.29, 1.82) is 0 Å². The van der Waals surface area contributed by atoms with Crippen molar-refractivity contribution in [2.45, 2.75) is 12.6 Å². The third-order valence-corrected chi connectivity index (χ3v) is 3.22. The number of nitro groups is 1. The molecular weight excluding hydrogens is 361 g/mol. The molecule has 0 aliphatic rings. The van der Waals surface area contributed by atoms with E-state index in [0.717, 1.165) is 0 Å². The number of ether oxygens (including phenoxy) is 1. The van der Waals surface area contributed by atoms with Gasteiger partial charge >= 0.3 is 17.8 Å². The summed E-state index contributed by atoms with van der Waals surface area (Å²) in [4.78, 5) is 20.8. The summed E-state index contributed by atoms with van der Waals surface area (Å²) in [5.41, 5.74) is 0.0721. The highest BCUT2D eigenvalue weighted by Crippen LogP contribution is 2.33. The largest absolute Gasteiger partial charge is 0.490 e. The summed E-state index contributed by atoms with van der Waals surface area (Å²) >= 11 is 3.14. The van der Waals surface area contributed by atoms with Crippen LogP contribution in [0.15, 0.2) is 16.6 Å². The van der Waals surface area contributed by atoms with Gasteiger partial charge in [0, 0.05) is 23.2 Å². The van der Waals surface area contributed by atoms with Gasteiger partial charge in [0.15, 0.2) is 5.75 Å². The summed E-state index contributed by atoms with van der Waals surface area (Å²) < 4.78 is 41.3. The van der Waals surface area contributed by atoms with Crippen LogP contribution in [0.4, 0.5) is 18.9 Å². The van der Waals surface area contributed by atoms with Gasteiger partial charge in [-0.3, -0.25) is 14.9 Å². The minimum atomic E-state index is -4.96. The van der Waals surface area contributed by atoms with Crippen molar-refractivity contribution in [1.82, 2.24) is 5.32 Å². The molecule has 21 heavy (non-hydrogen) atoms. The predicted octanol–water partition coefficient (Wildman–Crippen LogP) is 2.59. The van der Waals surface area contributed by atoms with E-state index in [1.54, 1.807) is 5.32 Å². The number of carbonyl (C=O) groups excluding carboxylic acids is 1. The molecule has 1 rings (SSSR count). The van der Waals surface area contributed by atoms with Crippen LogP contribution in [0.3, 0.4) is 0 Å². The number of halogens is 4. The summed E-state index contributed by atoms with van der Waals surface area (Å²) in [6.45, 7) is -0.305. The highest BCUT2D eigenvalue weighted by atomic mass is 79.9. The van der Waals surface area contributed by atoms with Crippen LogP contribution in [0.5, 0.6) is 5.75 Å². The quantitative estimate of drug-likeness (QED) is 0.637. The molecule has 0 unspecified atom stereocenters. The summed E-state index contributed by atoms with van der Waals surface area (Å²) in [5.74, 6) is -2.03. The molecular formula is C11H10BrF3N2O4. The fraction of sp³-hybridized carbons (Fsp3) is 0.364. The molecule has 0 bridgehead atoms. The number of nitro benzene ring substituents is 1. The second-order valence-electron chi connectivity index (χ2n) is 3.88. The lowest BCUT2D eigenvalue weighted by Crippen LogP contribution is -2.37. The van der Waals surface area contributed by atoms with E-state index < -0.39 is 17.0 Å². The van der Waals surface area contributed by atoms with Crippen LogP contribution in [0, 0.1) is 10.1 Å². The number of hydrogen-bond acceptors (Lipinski definition) is 4. The SMILES string of the molecule is COc1cc(Br)c(CCNC(=O)C(F)(F)F)cc1[N+](=O)[O-]. The van der Waals surface area contributed by atoms with E-state index in [0.29, 0.717) is 10.0 Å². The van der Waals surface area contributed by atoms with E-state index in [1.807, 2.05) is 0 Å². The maximum absolute atomic E-state index is 12.0. The fourth-order valence-corrected chi connectivity index (χ4v) is 2.02. The van der Waals surface area contributed by atoms with Gasteiger partial charge in [0.05, 0.1) is 12.0 Å². The Morgan fingerprint density at radius 2 is 2.10 bits per heavy atom. The lowest BCUT2D eigenvalue weighted by molar-refractivity contribution is -0.385. The van der Waals surface area contributed by atoms with Crippen molar-refractivity contribution >= 4 is 27.5 Å². The van der Waals surface area contributed by atoms with Crippen molar-refractivity contribution in [3.05, 3.63) is 32.3 Å². The minimum absolute atomic E-state index is 0.00671. The number of nitrogens with one attached hydrogen (secondary N) is 1. The van der Waals surface area contributed by atoms with Crippen LogP contribution in [-0.2, 0) is 11.2 Å². The maximum Gasteiger partial charge on any atom is 0.471 e. The van der Waals surface area contributed by atoms with Gasteiger partial charge in [-0.25, -0.2) is 0 Å². The summed E-state index contributed by atoms with van der Waals surface area (Å²) in [6, 6.07) is 2.53. The lowest BCUT2D eigenvalue weighted by Gasteiger charge is -2.10. The topological polar surface area (TPSA) is 81.5 Å². The molecule has 0 aromatic heterocycles. The summed E-state index contributed by atoms with van der Waals surface area (Å²) in [5, 5.41) is 12.5. The smallest absolute Gasteiger partial charge is 0.471 e. The Morgan fingerprint density at radius 1 is 1.48 bits per heavy atom. The van der Waals surface area contributed by atoms with E-state index in [9.17, 15) is 28.1 Å². The summed E-state index contributed by atoms with van der Waals surface area (Å²) in [7, 11) is 1.26. The molecule has 0 fully saturated rings. The first-order valence-corrected chi connectivity index (χ1v) is 6.32. The second-order valence-corrected chi connectivity index (χ2v) is 4.73. The van der Waals surface area contributed by atoms with Gasteiger partial charge in [0.2, 0.25) is 0 Å². The number of methoxy groups -OCH3 is 1. The average molecular weight is 371 g/mol. The van der Waals surface area contributed by atoms with E-state index >= 15 is 0 Å². The standard InChI is InChI=1S/C11H10BrF3N2O4/c1-21-9-5-7(12)6(4-8(9)17(19)20)2-3-16-10(18)11(13,14)15/h4-5H,2-3H2,1H3,(H,16,18). The molecule has 0 saturated carbocycles. The highest BCUT2D eigenvalue weighted by Gasteiger charge is 2.38. The number of benzene rings is 1. The molecule has 1 amide bonds. The molecule has 0 spiro atoms. The van der Waals surface area contributed by atoms with E-state index in [4.69, 9.17) is 4.74 Å². The second kappa shape index (κ2) is 6.74. The number of hydrogen-bond donors (Lipinski definition) is 1. The Bertz CT molecular complexity index is 563. The normalized spacial score (nSPS) is 11.1. The molecule has 1 aromatic rings. The Kier molecular flexibility index (Phi) is 5.53. The molecule has 1 aromatic carbocycles. The molecule has 0 saturated heterocycles. The Morgan fingerprint density at radius 3 is 2.57 bits per heavy atom. The third kappa shape index (κ3) is 4.59. The average Bonchev–Trinajstić information content (AvgIpc) is 2.38. The monoisotopic (exact) mass is 370 g/mol. The van der Waals surface area contributed by atoms with Crippen LogP contribution in [0.1, 0.15) is 5.56 Å². The van der Waals surface area contributed by atoms with E-state index in [-0.39, 0.29) is 24.4 Å². The number of alkyl halides is 3. The molecule has 0 atom stereocenters. The van der Waals surface area contributed by atoms with Gasteiger partial charge in [-0.2, -0.15) is 13.2 Å². The van der Waals surface area contributed by atoms with Crippen LogP contribution in [0.2, 0.25) is 0 Å². The van der Waals surface area contributed by atoms with Gasteiger partial charge in [-0.1, -0.05) is 15.9 Å². The van der Waals surface area contributed by atoms with Gasteiger partial charge in [0.25, 0.3) is 0 Å². The first-order chi connectivity index (χ1) is 9.66. The number of amides is 1. The van der Waals surface area contributed by atoms with Gasteiger partial charge in [0.1, 0.15) is 0 Å². The van der Waals surface area contributed by atoms with E-state index in [2.05, 4.69) is 15.9 Å². The Balaban J connectivity index is 2.83. The van der Waals surface area contributed by atoms with E-state index in [1.165, 1.54) is 19.2 Å². The highest BCUT2D eigenvalue weighted by molar-refractivity contribution is 9.10. The molecule has 0 aliphatic carbocycles. The van der Waals surface area contributed by atoms with Crippen LogP contribution >= 0.6 is 15.9 Å². The fourth-order valence-electron chi connectivity index (χ4n) is 1.50. The molecule has 0 aliphatic heterocycles. The van der Waals surface area contributed by atoms with Crippen molar-refractivity contribution < 1.29 is 27.6 Å². The minimum Gasteiger partial charge on any atom is -0.490 e. The molecule has 10 heteroatoms. The zero-order valence-corrected chi connectivity index (χ0v) is 12.2. The number of rotatable bonds is 5. The summed E-state index contributed by atoms with van der Waals surface area (Å²) in [6.07, 6.45) is -4.96. The number of nitrogens with zero attached hydrogens (tertiary/aromatic N) is 1. The zero-order chi connectivity index (χ0) is 16.2. The van der Waals surface area contributed by atoms with Crippen molar-refractivity contribution in [3.8, 4) is 5.75 Å². The van der Waals surface area contributed by atoms with Crippen LogP contribution in [-0.4, -0.2) is 30.7 Å². The van der Waals surface area contributed by atoms with Crippen LogP contribution in [0.25, 0.3) is 0 Å². The molecule has 0 radical (unpaired) electrons.